The molecule has 0 unspecified atom stereocenters. The van der Waals surface area contributed by atoms with E-state index in [-0.39, 0.29) is 5.41 Å². The first-order chi connectivity index (χ1) is 38.3. The maximum absolute atomic E-state index is 2.49. The highest BCUT2D eigenvalue weighted by atomic mass is 32.1. The summed E-state index contributed by atoms with van der Waals surface area (Å²) in [5.74, 6) is 0. The van der Waals surface area contributed by atoms with E-state index in [4.69, 9.17) is 0 Å². The Labute approximate surface area is 459 Å². The molecular weight excluding hydrogens is 961 g/mol. The molecule has 0 fully saturated rings. The van der Waals surface area contributed by atoms with Gasteiger partial charge in [-0.3, -0.25) is 0 Å². The fourth-order valence-corrected chi connectivity index (χ4v) is 14.3. The molecule has 1 aliphatic rings. The molecule has 3 heteroatoms. The highest BCUT2D eigenvalue weighted by molar-refractivity contribution is 7.26. The zero-order valence-corrected chi connectivity index (χ0v) is 44.9. The Kier molecular flexibility index (Phi) is 10.6. The molecule has 0 aliphatic heterocycles. The summed E-state index contributed by atoms with van der Waals surface area (Å²) in [7, 11) is 0. The lowest BCUT2D eigenvalue weighted by Crippen LogP contribution is -2.17. The average molecular weight is 1020 g/mol. The van der Waals surface area contributed by atoms with E-state index in [1.165, 1.54) is 119 Å². The van der Waals surface area contributed by atoms with E-state index < -0.39 is 0 Å². The Hall–Kier alpha value is -9.28. The average Bonchev–Trinajstić information content (AvgIpc) is 4.19. The van der Waals surface area contributed by atoms with E-state index in [0.717, 1.165) is 34.1 Å². The molecule has 2 nitrogen and oxygen atoms in total. The SMILES string of the molecule is Cc1cc(N(c2ccc3c(c2)C(C)(C)c2cc(-c4cccc5c4sc4ccccc45)ccc2-3)c2ccc3c4ccccc4c4ccccc4c3c2)ccc1-c1ccc(N(c2ccccc2)c2cccc3ccccc23)cc1C. The number of aryl methyl sites for hydroxylation is 2. The summed E-state index contributed by atoms with van der Waals surface area (Å²) in [5, 5.41) is 12.7. The second-order valence-corrected chi connectivity index (χ2v) is 22.8. The molecule has 0 saturated heterocycles. The van der Waals surface area contributed by atoms with E-state index in [9.17, 15) is 0 Å². The predicted molar refractivity (Wildman–Crippen MR) is 337 cm³/mol. The zero-order chi connectivity index (χ0) is 52.2. The lowest BCUT2D eigenvalue weighted by molar-refractivity contribution is 0.660. The van der Waals surface area contributed by atoms with Gasteiger partial charge in [0.25, 0.3) is 0 Å². The first kappa shape index (κ1) is 46.1. The number of thiophene rings is 1. The predicted octanol–water partition coefficient (Wildman–Crippen LogP) is 21.9. The molecule has 0 N–H and O–H groups in total. The number of fused-ring (bicyclic) bond motifs is 13. The van der Waals surface area contributed by atoms with Crippen LogP contribution < -0.4 is 9.80 Å². The van der Waals surface area contributed by atoms with Crippen LogP contribution in [0.1, 0.15) is 36.1 Å². The molecule has 1 heterocycles. The second-order valence-electron chi connectivity index (χ2n) is 21.7. The minimum Gasteiger partial charge on any atom is -0.310 e. The molecule has 370 valence electrons. The summed E-state index contributed by atoms with van der Waals surface area (Å²) in [6.45, 7) is 9.36. The molecule has 1 aliphatic carbocycles. The van der Waals surface area contributed by atoms with E-state index in [2.05, 4.69) is 292 Å². The van der Waals surface area contributed by atoms with Crippen molar-refractivity contribution in [1.82, 2.24) is 0 Å². The molecule has 14 aromatic rings. The quantitative estimate of drug-likeness (QED) is 0.140. The van der Waals surface area contributed by atoms with E-state index in [1.807, 2.05) is 11.3 Å². The van der Waals surface area contributed by atoms with Gasteiger partial charge in [-0.25, -0.2) is 0 Å². The van der Waals surface area contributed by atoms with Crippen molar-refractivity contribution in [3.05, 3.63) is 277 Å². The van der Waals surface area contributed by atoms with Crippen LogP contribution in [0.3, 0.4) is 0 Å². The highest BCUT2D eigenvalue weighted by Crippen LogP contribution is 2.53. The summed E-state index contributed by atoms with van der Waals surface area (Å²) in [5.41, 5.74) is 19.3. The van der Waals surface area contributed by atoms with Crippen LogP contribution in [0.5, 0.6) is 0 Å². The Balaban J connectivity index is 0.855. The Morgan fingerprint density at radius 2 is 0.795 bits per heavy atom. The van der Waals surface area contributed by atoms with Gasteiger partial charge in [0.15, 0.2) is 0 Å². The van der Waals surface area contributed by atoms with Crippen LogP contribution in [-0.2, 0) is 5.41 Å². The standard InChI is InChI=1S/C75H54N2S/c1-47-42-52(33-38-56(47)57-39-34-53(43-48(57)2)77(51-20-6-5-7-21-51)72-30-16-19-49-18-8-9-22-58(49)72)76(54-35-40-64-62-25-11-10-23-60(62)61-24-12-13-26-63(61)69(64)45-54)55-36-41-66-65-37-32-50(44-70(65)75(3,4)71(66)46-55)59-28-17-29-68-67-27-14-15-31-73(67)78-74(59)68/h5-46H,1-4H3. The van der Waals surface area contributed by atoms with Crippen molar-refractivity contribution in [2.24, 2.45) is 0 Å². The number of hydrogen-bond acceptors (Lipinski definition) is 3. The Morgan fingerprint density at radius 3 is 1.49 bits per heavy atom. The molecule has 0 radical (unpaired) electrons. The highest BCUT2D eigenvalue weighted by Gasteiger charge is 2.37. The van der Waals surface area contributed by atoms with Crippen molar-refractivity contribution in [2.45, 2.75) is 33.1 Å². The van der Waals surface area contributed by atoms with Crippen LogP contribution in [0.2, 0.25) is 0 Å². The molecule has 0 saturated carbocycles. The van der Waals surface area contributed by atoms with Crippen molar-refractivity contribution >= 4 is 109 Å². The minimum atomic E-state index is -0.248. The number of rotatable bonds is 8. The van der Waals surface area contributed by atoms with Crippen molar-refractivity contribution in [1.29, 1.82) is 0 Å². The van der Waals surface area contributed by atoms with Crippen molar-refractivity contribution in [3.8, 4) is 33.4 Å². The molecule has 0 spiro atoms. The van der Waals surface area contributed by atoms with Crippen LogP contribution in [0.15, 0.2) is 255 Å². The monoisotopic (exact) mass is 1010 g/mol. The minimum absolute atomic E-state index is 0.248. The third-order valence-electron chi connectivity index (χ3n) is 16.9. The number of hydrogen-bond donors (Lipinski definition) is 0. The van der Waals surface area contributed by atoms with Gasteiger partial charge in [0, 0.05) is 59.4 Å². The van der Waals surface area contributed by atoms with Gasteiger partial charge < -0.3 is 9.80 Å². The maximum atomic E-state index is 2.49. The van der Waals surface area contributed by atoms with Crippen LogP contribution in [0.25, 0.3) is 96.6 Å². The van der Waals surface area contributed by atoms with Crippen LogP contribution in [0, 0.1) is 13.8 Å². The summed E-state index contributed by atoms with van der Waals surface area (Å²) in [6.07, 6.45) is 0. The maximum Gasteiger partial charge on any atom is 0.0540 e. The summed E-state index contributed by atoms with van der Waals surface area (Å²) < 4.78 is 2.68. The van der Waals surface area contributed by atoms with Gasteiger partial charge in [-0.2, -0.15) is 0 Å². The van der Waals surface area contributed by atoms with Crippen LogP contribution in [-0.4, -0.2) is 0 Å². The van der Waals surface area contributed by atoms with E-state index >= 15 is 0 Å². The zero-order valence-electron chi connectivity index (χ0n) is 44.1. The summed E-state index contributed by atoms with van der Waals surface area (Å²) in [6, 6.07) is 94.9. The van der Waals surface area contributed by atoms with Gasteiger partial charge >= 0.3 is 0 Å². The van der Waals surface area contributed by atoms with Gasteiger partial charge in [-0.1, -0.05) is 190 Å². The smallest absolute Gasteiger partial charge is 0.0540 e. The number of nitrogens with zero attached hydrogens (tertiary/aromatic N) is 2. The van der Waals surface area contributed by atoms with Crippen molar-refractivity contribution < 1.29 is 0 Å². The molecular formula is C75H54N2S. The van der Waals surface area contributed by atoms with Gasteiger partial charge in [-0.05, 0) is 186 Å². The van der Waals surface area contributed by atoms with Crippen LogP contribution >= 0.6 is 11.3 Å². The molecule has 0 bridgehead atoms. The molecule has 78 heavy (non-hydrogen) atoms. The molecule has 0 amide bonds. The molecule has 1 aromatic heterocycles. The Bertz CT molecular complexity index is 4710. The van der Waals surface area contributed by atoms with Gasteiger partial charge in [-0.15, -0.1) is 11.3 Å². The van der Waals surface area contributed by atoms with Crippen molar-refractivity contribution in [2.75, 3.05) is 9.80 Å². The van der Waals surface area contributed by atoms with Crippen LogP contribution in [0.4, 0.5) is 34.1 Å². The third-order valence-corrected chi connectivity index (χ3v) is 18.1. The number of anilines is 6. The van der Waals surface area contributed by atoms with Gasteiger partial charge in [0.1, 0.15) is 0 Å². The fourth-order valence-electron chi connectivity index (χ4n) is 13.1. The van der Waals surface area contributed by atoms with Gasteiger partial charge in [0.05, 0.1) is 5.69 Å². The second kappa shape index (κ2) is 17.9. The van der Waals surface area contributed by atoms with E-state index in [1.54, 1.807) is 0 Å². The Morgan fingerprint density at radius 1 is 0.308 bits per heavy atom. The topological polar surface area (TPSA) is 6.48 Å². The lowest BCUT2D eigenvalue weighted by Gasteiger charge is -2.29. The van der Waals surface area contributed by atoms with Gasteiger partial charge in [0.2, 0.25) is 0 Å². The summed E-state index contributed by atoms with van der Waals surface area (Å²) in [4.78, 5) is 4.88. The largest absolute Gasteiger partial charge is 0.310 e. The first-order valence-corrected chi connectivity index (χ1v) is 28.0. The summed E-state index contributed by atoms with van der Waals surface area (Å²) >= 11 is 1.90. The van der Waals surface area contributed by atoms with E-state index in [0.29, 0.717) is 0 Å². The number of benzene rings is 13. The third kappa shape index (κ3) is 7.22. The number of para-hydroxylation sites is 1. The normalized spacial score (nSPS) is 12.7. The molecule has 0 atom stereocenters. The molecule has 15 rings (SSSR count). The molecule has 13 aromatic carbocycles. The first-order valence-electron chi connectivity index (χ1n) is 27.1. The fraction of sp³-hybridized carbons (Fsp3) is 0.0667. The lowest BCUT2D eigenvalue weighted by atomic mass is 9.81. The van der Waals surface area contributed by atoms with Crippen molar-refractivity contribution in [3.63, 3.8) is 0 Å².